The average Bonchev–Trinajstić information content (AvgIpc) is 2.31. The Balaban J connectivity index is 2.06. The Morgan fingerprint density at radius 2 is 1.87 bits per heavy atom. The summed E-state index contributed by atoms with van der Waals surface area (Å²) < 4.78 is 5.30. The number of ether oxygens (including phenoxy) is 1. The molecule has 1 aliphatic rings. The van der Waals surface area contributed by atoms with Crippen molar-refractivity contribution in [2.24, 2.45) is 4.99 Å². The smallest absolute Gasteiger partial charge is 0.102 e. The Bertz CT molecular complexity index is 329. The lowest BCUT2D eigenvalue weighted by atomic mass is 10.3. The fourth-order valence-corrected chi connectivity index (χ4v) is 1.65. The van der Waals surface area contributed by atoms with Crippen LogP contribution in [0.1, 0.15) is 6.92 Å². The Morgan fingerprint density at radius 1 is 1.20 bits per heavy atom. The number of morpholine rings is 1. The topological polar surface area (TPSA) is 24.8 Å². The number of aliphatic imine (C=N–C) groups is 1. The summed E-state index contributed by atoms with van der Waals surface area (Å²) in [7, 11) is 0. The average molecular weight is 204 g/mol. The molecule has 0 amide bonds. The molecule has 3 nitrogen and oxygen atoms in total. The molecule has 1 aromatic carbocycles. The molecule has 0 spiro atoms. The third kappa shape index (κ3) is 2.80. The van der Waals surface area contributed by atoms with Gasteiger partial charge in [0.1, 0.15) is 5.84 Å². The number of benzene rings is 1. The normalized spacial score (nSPS) is 17.9. The molecule has 1 aromatic rings. The minimum absolute atomic E-state index is 0.807. The van der Waals surface area contributed by atoms with Crippen molar-refractivity contribution in [3.05, 3.63) is 30.3 Å². The molecule has 0 atom stereocenters. The highest BCUT2D eigenvalue weighted by molar-refractivity contribution is 5.82. The van der Waals surface area contributed by atoms with Crippen LogP contribution in [0.15, 0.2) is 35.3 Å². The third-order valence-corrected chi connectivity index (χ3v) is 2.52. The second kappa shape index (κ2) is 4.94. The number of amidine groups is 1. The van der Waals surface area contributed by atoms with E-state index in [4.69, 9.17) is 4.74 Å². The molecule has 0 radical (unpaired) electrons. The van der Waals surface area contributed by atoms with Gasteiger partial charge in [-0.1, -0.05) is 18.2 Å². The van der Waals surface area contributed by atoms with Gasteiger partial charge in [-0.25, -0.2) is 4.99 Å². The van der Waals surface area contributed by atoms with Crippen molar-refractivity contribution >= 4 is 11.5 Å². The van der Waals surface area contributed by atoms with Crippen molar-refractivity contribution in [1.29, 1.82) is 0 Å². The van der Waals surface area contributed by atoms with Crippen molar-refractivity contribution in [2.75, 3.05) is 26.3 Å². The minimum atomic E-state index is 0.807. The van der Waals surface area contributed by atoms with Crippen molar-refractivity contribution in [3.8, 4) is 0 Å². The Morgan fingerprint density at radius 3 is 2.53 bits per heavy atom. The molecule has 80 valence electrons. The predicted octanol–water partition coefficient (Wildman–Crippen LogP) is 2.07. The lowest BCUT2D eigenvalue weighted by Crippen LogP contribution is -2.39. The standard InChI is InChI=1S/C12H16N2O/c1-11(14-7-9-15-10-8-14)13-12-5-3-2-4-6-12/h2-6H,7-10H2,1H3. The summed E-state index contributed by atoms with van der Waals surface area (Å²) in [5.74, 6) is 1.07. The van der Waals surface area contributed by atoms with Crippen LogP contribution in [0.2, 0.25) is 0 Å². The van der Waals surface area contributed by atoms with Crippen molar-refractivity contribution in [3.63, 3.8) is 0 Å². The number of para-hydroxylation sites is 1. The van der Waals surface area contributed by atoms with E-state index >= 15 is 0 Å². The largest absolute Gasteiger partial charge is 0.378 e. The van der Waals surface area contributed by atoms with Gasteiger partial charge in [0.2, 0.25) is 0 Å². The highest BCUT2D eigenvalue weighted by atomic mass is 16.5. The first-order valence-corrected chi connectivity index (χ1v) is 5.29. The van der Waals surface area contributed by atoms with Crippen LogP contribution in [-0.4, -0.2) is 37.0 Å². The predicted molar refractivity (Wildman–Crippen MR) is 61.6 cm³/mol. The van der Waals surface area contributed by atoms with Gasteiger partial charge in [-0.2, -0.15) is 0 Å². The molecule has 1 fully saturated rings. The van der Waals surface area contributed by atoms with E-state index in [0.29, 0.717) is 0 Å². The van der Waals surface area contributed by atoms with Gasteiger partial charge in [0.05, 0.1) is 18.9 Å². The Kier molecular flexibility index (Phi) is 3.35. The molecule has 1 heterocycles. The van der Waals surface area contributed by atoms with Crippen LogP contribution in [0.25, 0.3) is 0 Å². The summed E-state index contributed by atoms with van der Waals surface area (Å²) in [5.41, 5.74) is 1.02. The molecule has 0 saturated carbocycles. The number of hydrogen-bond donors (Lipinski definition) is 0. The van der Waals surface area contributed by atoms with Gasteiger partial charge in [-0.15, -0.1) is 0 Å². The number of rotatable bonds is 1. The summed E-state index contributed by atoms with van der Waals surface area (Å²) >= 11 is 0. The molecule has 0 N–H and O–H groups in total. The molecular formula is C12H16N2O. The minimum Gasteiger partial charge on any atom is -0.378 e. The highest BCUT2D eigenvalue weighted by Crippen LogP contribution is 2.11. The molecule has 0 aliphatic carbocycles. The van der Waals surface area contributed by atoms with Gasteiger partial charge in [-0.3, -0.25) is 0 Å². The lowest BCUT2D eigenvalue weighted by Gasteiger charge is -2.28. The highest BCUT2D eigenvalue weighted by Gasteiger charge is 2.10. The monoisotopic (exact) mass is 204 g/mol. The SMILES string of the molecule is CC(=Nc1ccccc1)N1CCOCC1. The van der Waals surface area contributed by atoms with Gasteiger partial charge in [0.15, 0.2) is 0 Å². The molecule has 0 unspecified atom stereocenters. The zero-order valence-electron chi connectivity index (χ0n) is 9.02. The lowest BCUT2D eigenvalue weighted by molar-refractivity contribution is 0.0678. The Hall–Kier alpha value is -1.35. The molecule has 2 rings (SSSR count). The van der Waals surface area contributed by atoms with Gasteiger partial charge in [0.25, 0.3) is 0 Å². The van der Waals surface area contributed by atoms with Crippen molar-refractivity contribution < 1.29 is 4.74 Å². The first-order valence-electron chi connectivity index (χ1n) is 5.29. The molecule has 1 saturated heterocycles. The number of nitrogens with zero attached hydrogens (tertiary/aromatic N) is 2. The number of hydrogen-bond acceptors (Lipinski definition) is 2. The van der Waals surface area contributed by atoms with Crippen LogP contribution in [0.3, 0.4) is 0 Å². The maximum atomic E-state index is 5.30. The van der Waals surface area contributed by atoms with Crippen LogP contribution < -0.4 is 0 Å². The molecule has 1 aliphatic heterocycles. The molecular weight excluding hydrogens is 188 g/mol. The van der Waals surface area contributed by atoms with Crippen molar-refractivity contribution in [2.45, 2.75) is 6.92 Å². The van der Waals surface area contributed by atoms with Gasteiger partial charge in [-0.05, 0) is 19.1 Å². The van der Waals surface area contributed by atoms with E-state index in [2.05, 4.69) is 16.8 Å². The van der Waals surface area contributed by atoms with Crippen LogP contribution in [0, 0.1) is 0 Å². The van der Waals surface area contributed by atoms with E-state index in [0.717, 1.165) is 37.8 Å². The van der Waals surface area contributed by atoms with Gasteiger partial charge in [0, 0.05) is 13.1 Å². The summed E-state index contributed by atoms with van der Waals surface area (Å²) in [4.78, 5) is 6.83. The van der Waals surface area contributed by atoms with E-state index in [1.807, 2.05) is 30.3 Å². The Labute approximate surface area is 90.4 Å². The molecule has 0 aromatic heterocycles. The van der Waals surface area contributed by atoms with Gasteiger partial charge >= 0.3 is 0 Å². The summed E-state index contributed by atoms with van der Waals surface area (Å²) in [6.07, 6.45) is 0. The maximum Gasteiger partial charge on any atom is 0.102 e. The molecule has 3 heteroatoms. The summed E-state index contributed by atoms with van der Waals surface area (Å²) in [6, 6.07) is 10.0. The second-order valence-corrected chi connectivity index (χ2v) is 3.59. The van der Waals surface area contributed by atoms with E-state index in [1.54, 1.807) is 0 Å². The van der Waals surface area contributed by atoms with Crippen LogP contribution in [0.4, 0.5) is 5.69 Å². The molecule has 15 heavy (non-hydrogen) atoms. The fourth-order valence-electron chi connectivity index (χ4n) is 1.65. The molecule has 0 bridgehead atoms. The fraction of sp³-hybridized carbons (Fsp3) is 0.417. The van der Waals surface area contributed by atoms with Crippen LogP contribution in [-0.2, 0) is 4.74 Å². The van der Waals surface area contributed by atoms with Crippen LogP contribution >= 0.6 is 0 Å². The zero-order valence-corrected chi connectivity index (χ0v) is 9.02. The first kappa shape index (κ1) is 10.2. The second-order valence-electron chi connectivity index (χ2n) is 3.59. The van der Waals surface area contributed by atoms with E-state index in [1.165, 1.54) is 0 Å². The van der Waals surface area contributed by atoms with Gasteiger partial charge < -0.3 is 9.64 Å². The summed E-state index contributed by atoms with van der Waals surface area (Å²) in [5, 5.41) is 0. The third-order valence-electron chi connectivity index (χ3n) is 2.52. The zero-order chi connectivity index (χ0) is 10.5. The van der Waals surface area contributed by atoms with Crippen molar-refractivity contribution in [1.82, 2.24) is 4.90 Å². The maximum absolute atomic E-state index is 5.30. The first-order chi connectivity index (χ1) is 7.36. The van der Waals surface area contributed by atoms with E-state index in [9.17, 15) is 0 Å². The summed E-state index contributed by atoms with van der Waals surface area (Å²) in [6.45, 7) is 5.56. The quantitative estimate of drug-likeness (QED) is 0.516. The van der Waals surface area contributed by atoms with Crippen LogP contribution in [0.5, 0.6) is 0 Å². The van der Waals surface area contributed by atoms with E-state index < -0.39 is 0 Å². The van der Waals surface area contributed by atoms with E-state index in [-0.39, 0.29) is 0 Å².